The highest BCUT2D eigenvalue weighted by atomic mass is 19.4. The second-order valence-electron chi connectivity index (χ2n) is 6.78. The molecular formula is C20H28F3N5O2. The van der Waals surface area contributed by atoms with E-state index in [0.29, 0.717) is 24.6 Å². The summed E-state index contributed by atoms with van der Waals surface area (Å²) in [7, 11) is 0. The zero-order chi connectivity index (χ0) is 22.1. The van der Waals surface area contributed by atoms with Crippen LogP contribution >= 0.6 is 0 Å². The molecular weight excluding hydrogens is 399 g/mol. The van der Waals surface area contributed by atoms with Crippen molar-refractivity contribution in [3.63, 3.8) is 0 Å². The zero-order valence-corrected chi connectivity index (χ0v) is 17.3. The van der Waals surface area contributed by atoms with Gasteiger partial charge in [-0.05, 0) is 51.0 Å². The first-order valence-electron chi connectivity index (χ1n) is 9.75. The lowest BCUT2D eigenvalue weighted by atomic mass is 10.1. The number of nitrogens with one attached hydrogen (secondary N) is 2. The summed E-state index contributed by atoms with van der Waals surface area (Å²) in [6, 6.07) is 7.13. The summed E-state index contributed by atoms with van der Waals surface area (Å²) in [6.45, 7) is 8.07. The fourth-order valence-electron chi connectivity index (χ4n) is 2.85. The summed E-state index contributed by atoms with van der Waals surface area (Å²) >= 11 is 0. The van der Waals surface area contributed by atoms with Gasteiger partial charge in [0.15, 0.2) is 5.96 Å². The number of ether oxygens (including phenoxy) is 1. The van der Waals surface area contributed by atoms with Gasteiger partial charge in [0.25, 0.3) is 0 Å². The summed E-state index contributed by atoms with van der Waals surface area (Å²) < 4.78 is 42.4. The van der Waals surface area contributed by atoms with E-state index in [2.05, 4.69) is 25.5 Å². The van der Waals surface area contributed by atoms with Crippen molar-refractivity contribution >= 4 is 5.96 Å². The van der Waals surface area contributed by atoms with Gasteiger partial charge in [0, 0.05) is 25.3 Å². The van der Waals surface area contributed by atoms with Gasteiger partial charge in [-0.15, -0.1) is 13.2 Å². The predicted octanol–water partition coefficient (Wildman–Crippen LogP) is 3.08. The van der Waals surface area contributed by atoms with E-state index in [1.165, 1.54) is 12.1 Å². The van der Waals surface area contributed by atoms with Crippen molar-refractivity contribution in [2.24, 2.45) is 4.99 Å². The molecule has 0 radical (unpaired) electrons. The Morgan fingerprint density at radius 2 is 1.93 bits per heavy atom. The number of halogens is 3. The maximum absolute atomic E-state index is 12.2. The van der Waals surface area contributed by atoms with Crippen molar-refractivity contribution in [1.29, 1.82) is 0 Å². The van der Waals surface area contributed by atoms with Gasteiger partial charge in [0.2, 0.25) is 0 Å². The summed E-state index contributed by atoms with van der Waals surface area (Å²) in [5.74, 6) is 0.224. The maximum Gasteiger partial charge on any atom is 0.573 e. The van der Waals surface area contributed by atoms with Crippen LogP contribution in [0.1, 0.15) is 36.4 Å². The molecule has 0 aliphatic carbocycles. The Kier molecular flexibility index (Phi) is 8.52. The van der Waals surface area contributed by atoms with Crippen LogP contribution in [0, 0.1) is 13.8 Å². The topological polar surface area (TPSA) is 83.7 Å². The third kappa shape index (κ3) is 7.94. The predicted molar refractivity (Wildman–Crippen MR) is 108 cm³/mol. The first kappa shape index (κ1) is 23.5. The Balaban J connectivity index is 1.84. The molecule has 0 aliphatic heterocycles. The Hall–Kier alpha value is -2.75. The van der Waals surface area contributed by atoms with Gasteiger partial charge in [0.1, 0.15) is 5.75 Å². The van der Waals surface area contributed by atoms with Gasteiger partial charge in [-0.3, -0.25) is 9.67 Å². The van der Waals surface area contributed by atoms with Gasteiger partial charge in [-0.2, -0.15) is 5.10 Å². The highest BCUT2D eigenvalue weighted by Crippen LogP contribution is 2.24. The molecule has 1 atom stereocenters. The van der Waals surface area contributed by atoms with Gasteiger partial charge < -0.3 is 20.5 Å². The molecule has 2 aromatic rings. The molecule has 0 amide bonds. The number of benzene rings is 1. The van der Waals surface area contributed by atoms with Crippen LogP contribution in [-0.2, 0) is 6.54 Å². The Labute approximate surface area is 174 Å². The highest BCUT2D eigenvalue weighted by Gasteiger charge is 2.31. The van der Waals surface area contributed by atoms with E-state index in [0.717, 1.165) is 36.5 Å². The highest BCUT2D eigenvalue weighted by molar-refractivity contribution is 5.79. The van der Waals surface area contributed by atoms with Crippen molar-refractivity contribution in [3.8, 4) is 5.75 Å². The number of aryl methyl sites for hydroxylation is 3. The number of rotatable bonds is 9. The third-order valence-corrected chi connectivity index (χ3v) is 4.21. The van der Waals surface area contributed by atoms with Crippen molar-refractivity contribution < 1.29 is 23.0 Å². The molecule has 0 saturated heterocycles. The second kappa shape index (κ2) is 10.9. The molecule has 1 heterocycles. The van der Waals surface area contributed by atoms with Crippen LogP contribution < -0.4 is 15.4 Å². The molecule has 1 unspecified atom stereocenters. The molecule has 3 N–H and O–H groups in total. The van der Waals surface area contributed by atoms with E-state index in [9.17, 15) is 18.3 Å². The van der Waals surface area contributed by atoms with E-state index in [4.69, 9.17) is 0 Å². The largest absolute Gasteiger partial charge is 0.573 e. The lowest BCUT2D eigenvalue weighted by molar-refractivity contribution is -0.274. The number of aliphatic hydroxyl groups excluding tert-OH is 1. The average Bonchev–Trinajstić information content (AvgIpc) is 2.99. The molecule has 30 heavy (non-hydrogen) atoms. The van der Waals surface area contributed by atoms with Crippen LogP contribution in [0.15, 0.2) is 35.3 Å². The lowest BCUT2D eigenvalue weighted by Crippen LogP contribution is -2.38. The molecule has 0 bridgehead atoms. The molecule has 0 fully saturated rings. The lowest BCUT2D eigenvalue weighted by Gasteiger charge is -2.14. The Bertz CT molecular complexity index is 819. The number of aliphatic hydroxyl groups is 1. The average molecular weight is 427 g/mol. The van der Waals surface area contributed by atoms with E-state index < -0.39 is 12.5 Å². The number of hydrogen-bond acceptors (Lipinski definition) is 4. The van der Waals surface area contributed by atoms with Crippen LogP contribution in [0.25, 0.3) is 0 Å². The van der Waals surface area contributed by atoms with Gasteiger partial charge in [-0.25, -0.2) is 0 Å². The van der Waals surface area contributed by atoms with Crippen molar-refractivity contribution in [2.45, 2.75) is 46.2 Å². The third-order valence-electron chi connectivity index (χ3n) is 4.21. The molecule has 2 rings (SSSR count). The normalized spacial score (nSPS) is 13.2. The maximum atomic E-state index is 12.2. The fraction of sp³-hybridized carbons (Fsp3) is 0.500. The minimum atomic E-state index is -4.74. The van der Waals surface area contributed by atoms with E-state index in [1.807, 2.05) is 31.5 Å². The smallest absolute Gasteiger partial charge is 0.406 e. The summed E-state index contributed by atoms with van der Waals surface area (Å²) in [5, 5.41) is 21.0. The Morgan fingerprint density at radius 3 is 2.50 bits per heavy atom. The molecule has 7 nitrogen and oxygen atoms in total. The minimum absolute atomic E-state index is 0.0618. The van der Waals surface area contributed by atoms with Crippen LogP contribution in [0.5, 0.6) is 5.75 Å². The van der Waals surface area contributed by atoms with E-state index in [1.54, 1.807) is 0 Å². The molecule has 1 aromatic heterocycles. The molecule has 0 spiro atoms. The summed E-state index contributed by atoms with van der Waals surface area (Å²) in [5.41, 5.74) is 2.55. The monoisotopic (exact) mass is 427 g/mol. The first-order chi connectivity index (χ1) is 14.2. The van der Waals surface area contributed by atoms with Crippen molar-refractivity contribution in [1.82, 2.24) is 20.4 Å². The quantitative estimate of drug-likeness (QED) is 0.325. The molecule has 0 aliphatic rings. The van der Waals surface area contributed by atoms with Crippen molar-refractivity contribution in [3.05, 3.63) is 47.3 Å². The Morgan fingerprint density at radius 1 is 1.23 bits per heavy atom. The zero-order valence-electron chi connectivity index (χ0n) is 17.3. The van der Waals surface area contributed by atoms with Crippen LogP contribution in [0.3, 0.4) is 0 Å². The number of aromatic nitrogens is 2. The van der Waals surface area contributed by atoms with E-state index >= 15 is 0 Å². The van der Waals surface area contributed by atoms with E-state index in [-0.39, 0.29) is 12.3 Å². The molecule has 166 valence electrons. The van der Waals surface area contributed by atoms with Gasteiger partial charge >= 0.3 is 6.36 Å². The number of hydrogen-bond donors (Lipinski definition) is 3. The first-order valence-corrected chi connectivity index (χ1v) is 9.75. The summed E-state index contributed by atoms with van der Waals surface area (Å²) in [4.78, 5) is 4.35. The number of guanidine groups is 1. The van der Waals surface area contributed by atoms with Gasteiger partial charge in [0.05, 0.1) is 18.3 Å². The molecule has 0 saturated carbocycles. The minimum Gasteiger partial charge on any atom is -0.406 e. The fourth-order valence-corrected chi connectivity index (χ4v) is 2.85. The van der Waals surface area contributed by atoms with Crippen LogP contribution in [0.4, 0.5) is 13.2 Å². The van der Waals surface area contributed by atoms with Gasteiger partial charge in [-0.1, -0.05) is 12.1 Å². The molecule has 1 aromatic carbocycles. The number of nitrogens with zero attached hydrogens (tertiary/aromatic N) is 3. The van der Waals surface area contributed by atoms with Crippen LogP contribution in [0.2, 0.25) is 0 Å². The number of aliphatic imine (C=N–C) groups is 1. The molecule has 10 heteroatoms. The second-order valence-corrected chi connectivity index (χ2v) is 6.78. The summed E-state index contributed by atoms with van der Waals surface area (Å²) in [6.07, 6.45) is -4.85. The SMILES string of the molecule is CCNC(=NCC(O)c1ccc(OC(F)(F)F)cc1)NCCCn1nc(C)cc1C. The number of alkyl halides is 3. The van der Waals surface area contributed by atoms with Crippen LogP contribution in [-0.4, -0.2) is 46.8 Å². The standard InChI is InChI=1S/C20H28F3N5O2/c1-4-24-19(25-10-5-11-28-15(3)12-14(2)27-28)26-13-18(29)16-6-8-17(9-7-16)30-20(21,22)23/h6-9,12,18,29H,4-5,10-11,13H2,1-3H3,(H2,24,25,26). The van der Waals surface area contributed by atoms with Crippen molar-refractivity contribution in [2.75, 3.05) is 19.6 Å².